The van der Waals surface area contributed by atoms with Crippen LogP contribution in [0.2, 0.25) is 5.02 Å². The summed E-state index contributed by atoms with van der Waals surface area (Å²) in [5, 5.41) is 3.53. The smallest absolute Gasteiger partial charge is 0.193 e. The van der Waals surface area contributed by atoms with Gasteiger partial charge in [-0.15, -0.1) is 0 Å². The molecule has 0 aliphatic carbocycles. The zero-order valence-electron chi connectivity index (χ0n) is 13.7. The van der Waals surface area contributed by atoms with Gasteiger partial charge < -0.3 is 20.4 Å². The number of nitrogens with zero attached hydrogens (tertiary/aromatic N) is 3. The predicted octanol–water partition coefficient (Wildman–Crippen LogP) is 3.46. The van der Waals surface area contributed by atoms with Gasteiger partial charge in [-0.05, 0) is 29.8 Å². The fourth-order valence-corrected chi connectivity index (χ4v) is 2.66. The first-order valence-electron chi connectivity index (χ1n) is 7.64. The molecule has 0 bridgehead atoms. The highest BCUT2D eigenvalue weighted by Crippen LogP contribution is 2.27. The second-order valence-electron chi connectivity index (χ2n) is 5.27. The van der Waals surface area contributed by atoms with Gasteiger partial charge in [0.15, 0.2) is 5.96 Å². The largest absolute Gasteiger partial charge is 0.495 e. The maximum absolute atomic E-state index is 6.11. The van der Waals surface area contributed by atoms with Crippen molar-refractivity contribution in [2.24, 2.45) is 10.7 Å². The molecular weight excluding hydrogens is 338 g/mol. The molecule has 3 aromatic rings. The number of methoxy groups -OCH3 is 1. The molecule has 25 heavy (non-hydrogen) atoms. The minimum Gasteiger partial charge on any atom is -0.495 e. The second kappa shape index (κ2) is 7.72. The lowest BCUT2D eigenvalue weighted by molar-refractivity contribution is 0.415. The number of imidazole rings is 1. The average molecular weight is 356 g/mol. The van der Waals surface area contributed by atoms with Gasteiger partial charge in [-0.3, -0.25) is 0 Å². The Bertz CT molecular complexity index is 877. The molecule has 0 fully saturated rings. The lowest BCUT2D eigenvalue weighted by Gasteiger charge is -2.10. The maximum atomic E-state index is 6.11. The third-order valence-corrected chi connectivity index (χ3v) is 3.91. The summed E-state index contributed by atoms with van der Waals surface area (Å²) in [5.41, 5.74) is 8.79. The van der Waals surface area contributed by atoms with Crippen molar-refractivity contribution in [1.29, 1.82) is 0 Å². The molecule has 0 radical (unpaired) electrons. The van der Waals surface area contributed by atoms with Gasteiger partial charge in [0, 0.05) is 18.1 Å². The standard InChI is InChI=1S/C18H18ClN5O/c1-25-17-7-6-14(10-15(17)19)23-18(20)22-11-13-4-2-3-5-16(13)24-9-8-21-12-24/h2-10,12H,11H2,1H3,(H3,20,22,23). The summed E-state index contributed by atoms with van der Waals surface area (Å²) in [4.78, 5) is 8.49. The topological polar surface area (TPSA) is 77.5 Å². The van der Waals surface area contributed by atoms with E-state index in [1.165, 1.54) is 0 Å². The highest BCUT2D eigenvalue weighted by atomic mass is 35.5. The first-order valence-corrected chi connectivity index (χ1v) is 8.02. The Morgan fingerprint density at radius 3 is 2.88 bits per heavy atom. The van der Waals surface area contributed by atoms with Crippen LogP contribution in [0.3, 0.4) is 0 Å². The molecule has 1 aromatic heterocycles. The van der Waals surface area contributed by atoms with E-state index in [-0.39, 0.29) is 0 Å². The number of ether oxygens (including phenoxy) is 1. The lowest BCUT2D eigenvalue weighted by atomic mass is 10.2. The van der Waals surface area contributed by atoms with Crippen LogP contribution in [-0.4, -0.2) is 22.6 Å². The van der Waals surface area contributed by atoms with E-state index in [2.05, 4.69) is 15.3 Å². The van der Waals surface area contributed by atoms with E-state index in [0.29, 0.717) is 23.3 Å². The van der Waals surface area contributed by atoms with Gasteiger partial charge in [-0.1, -0.05) is 29.8 Å². The number of hydrogen-bond donors (Lipinski definition) is 2. The highest BCUT2D eigenvalue weighted by molar-refractivity contribution is 6.32. The number of aromatic nitrogens is 2. The Kier molecular flexibility index (Phi) is 5.20. The molecule has 2 aromatic carbocycles. The number of anilines is 1. The van der Waals surface area contributed by atoms with E-state index in [1.807, 2.05) is 41.1 Å². The minimum absolute atomic E-state index is 0.307. The average Bonchev–Trinajstić information content (AvgIpc) is 3.15. The predicted molar refractivity (Wildman–Crippen MR) is 101 cm³/mol. The number of nitrogens with two attached hydrogens (primary N) is 1. The summed E-state index contributed by atoms with van der Waals surface area (Å²) < 4.78 is 7.07. The van der Waals surface area contributed by atoms with Gasteiger partial charge in [0.2, 0.25) is 0 Å². The molecule has 3 N–H and O–H groups in total. The molecule has 7 heteroatoms. The molecule has 0 spiro atoms. The van der Waals surface area contributed by atoms with Crippen LogP contribution < -0.4 is 15.8 Å². The van der Waals surface area contributed by atoms with E-state index >= 15 is 0 Å². The van der Waals surface area contributed by atoms with Crippen molar-refractivity contribution in [3.8, 4) is 11.4 Å². The van der Waals surface area contributed by atoms with E-state index in [4.69, 9.17) is 22.1 Å². The molecule has 0 aliphatic heterocycles. The van der Waals surface area contributed by atoms with Crippen molar-refractivity contribution in [2.75, 3.05) is 12.4 Å². The van der Waals surface area contributed by atoms with Gasteiger partial charge >= 0.3 is 0 Å². The van der Waals surface area contributed by atoms with Crippen LogP contribution in [0, 0.1) is 0 Å². The van der Waals surface area contributed by atoms with Crippen LogP contribution in [0.5, 0.6) is 5.75 Å². The van der Waals surface area contributed by atoms with Gasteiger partial charge in [-0.2, -0.15) is 0 Å². The number of hydrogen-bond acceptors (Lipinski definition) is 3. The molecule has 6 nitrogen and oxygen atoms in total. The van der Waals surface area contributed by atoms with Crippen LogP contribution >= 0.6 is 11.6 Å². The third-order valence-electron chi connectivity index (χ3n) is 3.62. The molecule has 3 rings (SSSR count). The van der Waals surface area contributed by atoms with Crippen LogP contribution in [0.15, 0.2) is 66.2 Å². The second-order valence-corrected chi connectivity index (χ2v) is 5.68. The summed E-state index contributed by atoms with van der Waals surface area (Å²) >= 11 is 6.11. The molecule has 0 amide bonds. The van der Waals surface area contributed by atoms with Crippen molar-refractivity contribution in [1.82, 2.24) is 9.55 Å². The Hall–Kier alpha value is -2.99. The fraction of sp³-hybridized carbons (Fsp3) is 0.111. The van der Waals surface area contributed by atoms with Crippen molar-refractivity contribution >= 4 is 23.2 Å². The molecule has 0 saturated carbocycles. The van der Waals surface area contributed by atoms with Gasteiger partial charge in [0.1, 0.15) is 5.75 Å². The molecule has 128 valence electrons. The zero-order valence-corrected chi connectivity index (χ0v) is 14.4. The van der Waals surface area contributed by atoms with Gasteiger partial charge in [0.05, 0.1) is 30.7 Å². The van der Waals surface area contributed by atoms with E-state index in [1.54, 1.807) is 31.8 Å². The maximum Gasteiger partial charge on any atom is 0.193 e. The number of nitrogens with one attached hydrogen (secondary N) is 1. The van der Waals surface area contributed by atoms with E-state index < -0.39 is 0 Å². The highest BCUT2D eigenvalue weighted by Gasteiger charge is 2.05. The Morgan fingerprint density at radius 2 is 2.16 bits per heavy atom. The monoisotopic (exact) mass is 355 g/mol. The Morgan fingerprint density at radius 1 is 1.32 bits per heavy atom. The molecule has 0 saturated heterocycles. The lowest BCUT2D eigenvalue weighted by Crippen LogP contribution is -2.22. The van der Waals surface area contributed by atoms with Crippen molar-refractivity contribution < 1.29 is 4.74 Å². The number of aliphatic imine (C=N–C) groups is 1. The Labute approximate surface area is 150 Å². The summed E-state index contributed by atoms with van der Waals surface area (Å²) in [6, 6.07) is 13.3. The van der Waals surface area contributed by atoms with Crippen molar-refractivity contribution in [2.45, 2.75) is 6.54 Å². The minimum atomic E-state index is 0.307. The van der Waals surface area contributed by atoms with E-state index in [9.17, 15) is 0 Å². The quantitative estimate of drug-likeness (QED) is 0.542. The van der Waals surface area contributed by atoms with Crippen LogP contribution in [-0.2, 0) is 6.54 Å². The summed E-state index contributed by atoms with van der Waals surface area (Å²) in [5.74, 6) is 0.915. The van der Waals surface area contributed by atoms with E-state index in [0.717, 1.165) is 16.9 Å². The number of benzene rings is 2. The Balaban J connectivity index is 1.73. The summed E-state index contributed by atoms with van der Waals surface area (Å²) in [6.45, 7) is 0.442. The SMILES string of the molecule is COc1ccc(NC(N)=NCc2ccccc2-n2ccnc2)cc1Cl. The molecule has 0 atom stereocenters. The van der Waals surface area contributed by atoms with Crippen LogP contribution in [0.1, 0.15) is 5.56 Å². The molecule has 0 aliphatic rings. The number of rotatable bonds is 5. The van der Waals surface area contributed by atoms with Gasteiger partial charge in [-0.25, -0.2) is 9.98 Å². The fourth-order valence-electron chi connectivity index (χ4n) is 2.40. The third kappa shape index (κ3) is 4.10. The normalized spacial score (nSPS) is 11.4. The summed E-state index contributed by atoms with van der Waals surface area (Å²) in [7, 11) is 1.57. The summed E-state index contributed by atoms with van der Waals surface area (Å²) in [6.07, 6.45) is 5.39. The first kappa shape index (κ1) is 16.9. The molecule has 1 heterocycles. The van der Waals surface area contributed by atoms with Crippen LogP contribution in [0.4, 0.5) is 5.69 Å². The van der Waals surface area contributed by atoms with Crippen LogP contribution in [0.25, 0.3) is 5.69 Å². The molecular formula is C18H18ClN5O. The number of guanidine groups is 1. The van der Waals surface area contributed by atoms with Crippen molar-refractivity contribution in [3.05, 3.63) is 71.8 Å². The molecule has 0 unspecified atom stereocenters. The number of para-hydroxylation sites is 1. The van der Waals surface area contributed by atoms with Crippen molar-refractivity contribution in [3.63, 3.8) is 0 Å². The zero-order chi connectivity index (χ0) is 17.6. The number of halogens is 1. The first-order chi connectivity index (χ1) is 12.2. The van der Waals surface area contributed by atoms with Gasteiger partial charge in [0.25, 0.3) is 0 Å².